The Balaban J connectivity index is 2.21. The van der Waals surface area contributed by atoms with Crippen LogP contribution >= 0.6 is 0 Å². The first-order valence-electron chi connectivity index (χ1n) is 8.04. The second kappa shape index (κ2) is 5.97. The van der Waals surface area contributed by atoms with E-state index in [1.807, 2.05) is 12.1 Å². The van der Waals surface area contributed by atoms with E-state index in [0.717, 1.165) is 24.1 Å². The van der Waals surface area contributed by atoms with Crippen LogP contribution < -0.4 is 0 Å². The number of rotatable bonds is 3. The van der Waals surface area contributed by atoms with Crippen molar-refractivity contribution in [1.82, 2.24) is 4.98 Å². The van der Waals surface area contributed by atoms with Gasteiger partial charge in [0.1, 0.15) is 5.82 Å². The molecule has 0 radical (unpaired) electrons. The van der Waals surface area contributed by atoms with Crippen LogP contribution in [0.4, 0.5) is 4.39 Å². The van der Waals surface area contributed by atoms with Gasteiger partial charge in [-0.05, 0) is 79.5 Å². The number of aryl methyl sites for hydroxylation is 1. The van der Waals surface area contributed by atoms with Gasteiger partial charge in [0, 0.05) is 11.3 Å². The summed E-state index contributed by atoms with van der Waals surface area (Å²) in [6.07, 6.45) is 6.85. The Morgan fingerprint density at radius 1 is 0.952 bits per heavy atom. The third-order valence-electron chi connectivity index (χ3n) is 4.52. The van der Waals surface area contributed by atoms with Gasteiger partial charge >= 0.3 is 0 Å². The first-order chi connectivity index (χ1) is 10.2. The molecular weight excluding hydrogens is 261 g/mol. The summed E-state index contributed by atoms with van der Waals surface area (Å²) >= 11 is 0. The third kappa shape index (κ3) is 2.59. The Hall–Kier alpha value is -1.70. The summed E-state index contributed by atoms with van der Waals surface area (Å²) < 4.78 is 13.2. The predicted molar refractivity (Wildman–Crippen MR) is 85.0 cm³/mol. The van der Waals surface area contributed by atoms with Gasteiger partial charge in [-0.25, -0.2) is 4.39 Å². The fraction of sp³-hybridized carbons (Fsp3) is 0.421. The number of hydrogen-bond acceptors (Lipinski definition) is 1. The Morgan fingerprint density at radius 2 is 1.62 bits per heavy atom. The zero-order valence-electron chi connectivity index (χ0n) is 12.9. The molecule has 2 heteroatoms. The second-order valence-electron chi connectivity index (χ2n) is 5.76. The van der Waals surface area contributed by atoms with E-state index in [-0.39, 0.29) is 5.82 Å². The molecule has 0 spiro atoms. The maximum Gasteiger partial charge on any atom is 0.123 e. The Labute approximate surface area is 126 Å². The summed E-state index contributed by atoms with van der Waals surface area (Å²) in [5, 5.41) is 0. The lowest BCUT2D eigenvalue weighted by Crippen LogP contribution is -2.13. The molecule has 0 unspecified atom stereocenters. The summed E-state index contributed by atoms with van der Waals surface area (Å²) in [6.45, 7) is 4.38. The van der Waals surface area contributed by atoms with E-state index in [1.165, 1.54) is 60.2 Å². The van der Waals surface area contributed by atoms with Crippen LogP contribution in [0, 0.1) is 5.82 Å². The number of fused-ring (bicyclic) bond motifs is 1. The third-order valence-corrected chi connectivity index (χ3v) is 4.52. The van der Waals surface area contributed by atoms with Crippen molar-refractivity contribution >= 4 is 0 Å². The van der Waals surface area contributed by atoms with E-state index in [9.17, 15) is 4.39 Å². The van der Waals surface area contributed by atoms with Gasteiger partial charge in [0.2, 0.25) is 0 Å². The second-order valence-corrected chi connectivity index (χ2v) is 5.76. The van der Waals surface area contributed by atoms with Crippen molar-refractivity contribution in [1.29, 1.82) is 0 Å². The number of halogens is 1. The summed E-state index contributed by atoms with van der Waals surface area (Å²) in [5.41, 5.74) is 7.72. The van der Waals surface area contributed by atoms with Gasteiger partial charge < -0.3 is 0 Å². The molecule has 0 saturated carbocycles. The quantitative estimate of drug-likeness (QED) is 0.781. The molecule has 0 fully saturated rings. The number of benzene rings is 1. The summed E-state index contributed by atoms with van der Waals surface area (Å²) in [7, 11) is 0. The lowest BCUT2D eigenvalue weighted by atomic mass is 9.84. The van der Waals surface area contributed by atoms with Gasteiger partial charge in [0.05, 0.1) is 5.69 Å². The smallest absolute Gasteiger partial charge is 0.123 e. The van der Waals surface area contributed by atoms with Crippen LogP contribution in [0.2, 0.25) is 0 Å². The van der Waals surface area contributed by atoms with E-state index in [4.69, 9.17) is 4.98 Å². The van der Waals surface area contributed by atoms with Crippen molar-refractivity contribution in [2.75, 3.05) is 0 Å². The zero-order valence-corrected chi connectivity index (χ0v) is 12.9. The molecule has 2 aromatic rings. The van der Waals surface area contributed by atoms with E-state index in [0.29, 0.717) is 0 Å². The highest BCUT2D eigenvalue weighted by atomic mass is 19.1. The first kappa shape index (κ1) is 14.2. The molecule has 0 amide bonds. The van der Waals surface area contributed by atoms with E-state index >= 15 is 0 Å². The SMILES string of the molecule is CCc1nc(-c2ccc(F)cc2)c(CC)c2c1CCCC2. The molecule has 110 valence electrons. The number of nitrogens with zero attached hydrogens (tertiary/aromatic N) is 1. The van der Waals surface area contributed by atoms with Gasteiger partial charge in [-0.15, -0.1) is 0 Å². The van der Waals surface area contributed by atoms with Crippen LogP contribution in [0.15, 0.2) is 24.3 Å². The highest BCUT2D eigenvalue weighted by Gasteiger charge is 2.20. The van der Waals surface area contributed by atoms with Crippen molar-refractivity contribution in [2.45, 2.75) is 52.4 Å². The minimum Gasteiger partial charge on any atom is -0.252 e. The van der Waals surface area contributed by atoms with Crippen molar-refractivity contribution in [3.05, 3.63) is 52.5 Å². The molecule has 1 heterocycles. The van der Waals surface area contributed by atoms with Crippen LogP contribution in [0.5, 0.6) is 0 Å². The molecule has 0 N–H and O–H groups in total. The minimum absolute atomic E-state index is 0.189. The highest BCUT2D eigenvalue weighted by Crippen LogP contribution is 2.33. The molecular formula is C19H22FN. The molecule has 0 aliphatic heterocycles. The van der Waals surface area contributed by atoms with Crippen molar-refractivity contribution in [3.8, 4) is 11.3 Å². The normalized spacial score (nSPS) is 14.0. The first-order valence-corrected chi connectivity index (χ1v) is 8.04. The molecule has 0 bridgehead atoms. The molecule has 0 saturated heterocycles. The monoisotopic (exact) mass is 283 g/mol. The van der Waals surface area contributed by atoms with Crippen molar-refractivity contribution in [3.63, 3.8) is 0 Å². The number of pyridine rings is 1. The molecule has 0 atom stereocenters. The van der Waals surface area contributed by atoms with E-state index in [2.05, 4.69) is 13.8 Å². The van der Waals surface area contributed by atoms with Gasteiger partial charge in [0.25, 0.3) is 0 Å². The standard InChI is InChI=1S/C19H22FN/c1-3-15-16-7-5-6-8-17(16)18(4-2)21-19(15)13-9-11-14(20)12-10-13/h9-12H,3-8H2,1-2H3. The largest absolute Gasteiger partial charge is 0.252 e. The van der Waals surface area contributed by atoms with Crippen LogP contribution in [-0.4, -0.2) is 4.98 Å². The van der Waals surface area contributed by atoms with E-state index < -0.39 is 0 Å². The summed E-state index contributed by atoms with van der Waals surface area (Å²) in [5.74, 6) is -0.189. The molecule has 1 nitrogen and oxygen atoms in total. The highest BCUT2D eigenvalue weighted by molar-refractivity contribution is 5.66. The maximum atomic E-state index is 13.2. The zero-order chi connectivity index (χ0) is 14.8. The fourth-order valence-electron chi connectivity index (χ4n) is 3.49. The Kier molecular flexibility index (Phi) is 4.05. The molecule has 3 rings (SSSR count). The van der Waals surface area contributed by atoms with Gasteiger partial charge in [-0.3, -0.25) is 4.98 Å². The van der Waals surface area contributed by atoms with Crippen molar-refractivity contribution < 1.29 is 4.39 Å². The van der Waals surface area contributed by atoms with Crippen LogP contribution in [0.25, 0.3) is 11.3 Å². The van der Waals surface area contributed by atoms with Gasteiger partial charge in [0.15, 0.2) is 0 Å². The average molecular weight is 283 g/mol. The van der Waals surface area contributed by atoms with Crippen LogP contribution in [0.3, 0.4) is 0 Å². The van der Waals surface area contributed by atoms with E-state index in [1.54, 1.807) is 0 Å². The molecule has 1 aromatic heterocycles. The lowest BCUT2D eigenvalue weighted by Gasteiger charge is -2.24. The predicted octanol–water partition coefficient (Wildman–Crippen LogP) is 4.89. The lowest BCUT2D eigenvalue weighted by molar-refractivity contribution is 0.628. The summed E-state index contributed by atoms with van der Waals surface area (Å²) in [6, 6.07) is 6.76. The van der Waals surface area contributed by atoms with Gasteiger partial charge in [-0.2, -0.15) is 0 Å². The van der Waals surface area contributed by atoms with Crippen LogP contribution in [-0.2, 0) is 25.7 Å². The number of aromatic nitrogens is 1. The summed E-state index contributed by atoms with van der Waals surface area (Å²) in [4.78, 5) is 4.95. The molecule has 1 aliphatic carbocycles. The topological polar surface area (TPSA) is 12.9 Å². The van der Waals surface area contributed by atoms with Crippen molar-refractivity contribution in [2.24, 2.45) is 0 Å². The molecule has 1 aromatic carbocycles. The Morgan fingerprint density at radius 3 is 2.24 bits per heavy atom. The molecule has 1 aliphatic rings. The average Bonchev–Trinajstić information content (AvgIpc) is 2.54. The minimum atomic E-state index is -0.189. The fourth-order valence-corrected chi connectivity index (χ4v) is 3.49. The Bertz CT molecular complexity index is 644. The van der Waals surface area contributed by atoms with Crippen LogP contribution in [0.1, 0.15) is 49.1 Å². The molecule has 21 heavy (non-hydrogen) atoms. The van der Waals surface area contributed by atoms with Gasteiger partial charge in [-0.1, -0.05) is 13.8 Å². The number of hydrogen-bond donors (Lipinski definition) is 0. The maximum absolute atomic E-state index is 13.2.